The molecule has 0 bridgehead atoms. The minimum atomic E-state index is -0.634. The van der Waals surface area contributed by atoms with Crippen molar-refractivity contribution in [3.05, 3.63) is 115 Å². The van der Waals surface area contributed by atoms with E-state index < -0.39 is 27.5 Å². The summed E-state index contributed by atoms with van der Waals surface area (Å²) in [6, 6.07) is 17.3. The quantitative estimate of drug-likeness (QED) is 0.102. The number of benzene rings is 3. The maximum atomic E-state index is 13.7. The molecular weight excluding hydrogens is 592 g/mol. The number of hydrogen-bond donors (Lipinski definition) is 1. The highest BCUT2D eigenvalue weighted by molar-refractivity contribution is 7.98. The molecule has 0 unspecified atom stereocenters. The molecule has 0 fully saturated rings. The molecule has 1 aromatic heterocycles. The zero-order chi connectivity index (χ0) is 32.9. The van der Waals surface area contributed by atoms with E-state index in [0.29, 0.717) is 17.2 Å². The van der Waals surface area contributed by atoms with E-state index in [1.807, 2.05) is 88.8 Å². The van der Waals surface area contributed by atoms with Gasteiger partial charge in [0.15, 0.2) is 11.4 Å². The number of aromatic nitrogens is 1. The predicted octanol–water partition coefficient (Wildman–Crippen LogP) is 6.88. The first-order chi connectivity index (χ1) is 21.2. The number of anilines is 1. The molecular formula is C34H40N4O6S. The Balaban J connectivity index is 1.58. The average molecular weight is 633 g/mol. The van der Waals surface area contributed by atoms with Crippen molar-refractivity contribution in [2.75, 3.05) is 31.7 Å². The molecule has 0 spiro atoms. The summed E-state index contributed by atoms with van der Waals surface area (Å²) in [5, 5.41) is 14.9. The molecule has 0 atom stereocenters. The second-order valence-corrected chi connectivity index (χ2v) is 13.4. The summed E-state index contributed by atoms with van der Waals surface area (Å²) >= 11 is 1.86. The molecule has 1 N–H and O–H groups in total. The zero-order valence-electron chi connectivity index (χ0n) is 26.8. The van der Waals surface area contributed by atoms with Crippen LogP contribution in [0, 0.1) is 24.0 Å². The van der Waals surface area contributed by atoms with Crippen LogP contribution in [-0.4, -0.2) is 46.9 Å². The highest BCUT2D eigenvalue weighted by Crippen LogP contribution is 2.30. The number of ether oxygens (including phenoxy) is 1. The topological polar surface area (TPSA) is 120 Å². The number of amides is 1. The van der Waals surface area contributed by atoms with E-state index in [-0.39, 0.29) is 23.4 Å². The Hall–Kier alpha value is -4.35. The third-order valence-electron chi connectivity index (χ3n) is 6.97. The molecule has 3 aromatic carbocycles. The van der Waals surface area contributed by atoms with Crippen LogP contribution in [0.5, 0.6) is 5.75 Å². The number of carbonyl (C=O) groups excluding carboxylic acids is 1. The number of nitro groups is 1. The van der Waals surface area contributed by atoms with Crippen LogP contribution in [-0.2, 0) is 17.8 Å². The molecule has 0 aliphatic carbocycles. The Morgan fingerprint density at radius 3 is 2.31 bits per heavy atom. The maximum absolute atomic E-state index is 13.7. The van der Waals surface area contributed by atoms with Gasteiger partial charge in [-0.2, -0.15) is 11.8 Å². The summed E-state index contributed by atoms with van der Waals surface area (Å²) in [7, 11) is 4.11. The van der Waals surface area contributed by atoms with Crippen molar-refractivity contribution in [2.45, 2.75) is 52.4 Å². The average Bonchev–Trinajstić information content (AvgIpc) is 3.30. The van der Waals surface area contributed by atoms with Gasteiger partial charge in [-0.15, -0.1) is 4.74 Å². The van der Waals surface area contributed by atoms with E-state index in [1.165, 1.54) is 17.7 Å². The van der Waals surface area contributed by atoms with Crippen LogP contribution in [0.25, 0.3) is 5.69 Å². The number of rotatable bonds is 12. The Bertz CT molecular complexity index is 1710. The molecule has 11 heteroatoms. The van der Waals surface area contributed by atoms with Crippen molar-refractivity contribution < 1.29 is 19.0 Å². The van der Waals surface area contributed by atoms with Crippen LogP contribution in [0.3, 0.4) is 0 Å². The van der Waals surface area contributed by atoms with E-state index >= 15 is 0 Å². The van der Waals surface area contributed by atoms with E-state index in [0.717, 1.165) is 40.0 Å². The first-order valence-electron chi connectivity index (χ1n) is 14.6. The number of carbonyl (C=O) groups is 1. The largest absolute Gasteiger partial charge is 0.489 e. The summed E-state index contributed by atoms with van der Waals surface area (Å²) in [4.78, 5) is 40.4. The van der Waals surface area contributed by atoms with Gasteiger partial charge in [0.25, 0.3) is 17.2 Å². The summed E-state index contributed by atoms with van der Waals surface area (Å²) in [6.45, 7) is 10.4. The Morgan fingerprint density at radius 1 is 1.04 bits per heavy atom. The van der Waals surface area contributed by atoms with Gasteiger partial charge in [0.05, 0.1) is 10.5 Å². The summed E-state index contributed by atoms with van der Waals surface area (Å²) in [5.41, 5.74) is 2.35. The fraction of sp³-hybridized carbons (Fsp3) is 0.353. The van der Waals surface area contributed by atoms with E-state index in [9.17, 15) is 19.7 Å². The highest BCUT2D eigenvalue weighted by atomic mass is 32.2. The van der Waals surface area contributed by atoms with Gasteiger partial charge in [-0.1, -0.05) is 39.0 Å². The smallest absolute Gasteiger partial charge is 0.297 e. The van der Waals surface area contributed by atoms with Gasteiger partial charge >= 0.3 is 0 Å². The SMILES string of the molecule is Cc1cc(C)cc(NC(=O)c2ccc(-n3oc(C(C)(C)C)c(COc4ccc(CSCCN(C)C)cc4)c3=O)c([N+](=O)[O-])c2)c1. The third kappa shape index (κ3) is 8.64. The van der Waals surface area contributed by atoms with Gasteiger partial charge in [-0.3, -0.25) is 19.7 Å². The second kappa shape index (κ2) is 14.2. The summed E-state index contributed by atoms with van der Waals surface area (Å²) in [6.07, 6.45) is 0. The number of nitrogens with zero attached hydrogens (tertiary/aromatic N) is 3. The lowest BCUT2D eigenvalue weighted by atomic mass is 9.91. The van der Waals surface area contributed by atoms with Crippen molar-refractivity contribution >= 4 is 29.0 Å². The molecule has 1 heterocycles. The molecule has 10 nitrogen and oxygen atoms in total. The Labute approximate surface area is 267 Å². The first-order valence-corrected chi connectivity index (χ1v) is 15.8. The van der Waals surface area contributed by atoms with Crippen molar-refractivity contribution in [3.63, 3.8) is 0 Å². The maximum Gasteiger partial charge on any atom is 0.297 e. The van der Waals surface area contributed by atoms with Gasteiger partial charge in [0, 0.05) is 40.8 Å². The molecule has 4 aromatic rings. The van der Waals surface area contributed by atoms with Gasteiger partial charge in [-0.05, 0) is 81.0 Å². The van der Waals surface area contributed by atoms with Gasteiger partial charge < -0.3 is 19.5 Å². The summed E-state index contributed by atoms with van der Waals surface area (Å²) < 4.78 is 12.9. The minimum Gasteiger partial charge on any atom is -0.489 e. The molecule has 0 aliphatic rings. The standard InChI is InChI=1S/C34H40N4O6S/c1-22-16-23(2)18-26(17-22)35-32(39)25-10-13-29(30(19-25)38(41)42)37-33(40)28(31(44-37)34(3,4)5)20-43-27-11-8-24(9-12-27)21-45-15-14-36(6)7/h8-13,16-19H,14-15,20-21H2,1-7H3,(H,35,39). The second-order valence-electron chi connectivity index (χ2n) is 12.3. The number of nitrogens with one attached hydrogen (secondary N) is 1. The molecule has 4 rings (SSSR count). The van der Waals surface area contributed by atoms with Crippen LogP contribution in [0.4, 0.5) is 11.4 Å². The van der Waals surface area contributed by atoms with Gasteiger partial charge in [-0.25, -0.2) is 0 Å². The lowest BCUT2D eigenvalue weighted by Gasteiger charge is -2.16. The monoisotopic (exact) mass is 632 g/mol. The number of nitro benzene ring substituents is 1. The Kier molecular flexibility index (Phi) is 10.6. The lowest BCUT2D eigenvalue weighted by molar-refractivity contribution is -0.384. The van der Waals surface area contributed by atoms with Crippen LogP contribution < -0.4 is 15.6 Å². The first kappa shape index (κ1) is 33.5. The molecule has 0 saturated carbocycles. The van der Waals surface area contributed by atoms with Crippen LogP contribution in [0.1, 0.15) is 59.1 Å². The van der Waals surface area contributed by atoms with E-state index in [4.69, 9.17) is 9.26 Å². The molecule has 1 amide bonds. The minimum absolute atomic E-state index is 0.0726. The van der Waals surface area contributed by atoms with Crippen LogP contribution >= 0.6 is 11.8 Å². The predicted molar refractivity (Wildman–Crippen MR) is 179 cm³/mol. The van der Waals surface area contributed by atoms with Crippen molar-refractivity contribution in [1.29, 1.82) is 0 Å². The van der Waals surface area contributed by atoms with E-state index in [2.05, 4.69) is 24.3 Å². The molecule has 0 radical (unpaired) electrons. The number of hydrogen-bond acceptors (Lipinski definition) is 8. The third-order valence-corrected chi connectivity index (χ3v) is 7.98. The molecule has 238 valence electrons. The van der Waals surface area contributed by atoms with Crippen LogP contribution in [0.2, 0.25) is 0 Å². The molecule has 45 heavy (non-hydrogen) atoms. The number of aryl methyl sites for hydroxylation is 2. The summed E-state index contributed by atoms with van der Waals surface area (Å²) in [5.74, 6) is 2.36. The van der Waals surface area contributed by atoms with Crippen molar-refractivity contribution in [3.8, 4) is 11.4 Å². The van der Waals surface area contributed by atoms with Crippen molar-refractivity contribution in [2.24, 2.45) is 0 Å². The Morgan fingerprint density at radius 2 is 1.71 bits per heavy atom. The van der Waals surface area contributed by atoms with Gasteiger partial charge in [0.2, 0.25) is 0 Å². The highest BCUT2D eigenvalue weighted by Gasteiger charge is 2.31. The number of thioether (sulfide) groups is 1. The normalized spacial score (nSPS) is 11.6. The van der Waals surface area contributed by atoms with E-state index in [1.54, 1.807) is 0 Å². The fourth-order valence-corrected chi connectivity index (χ4v) is 5.86. The lowest BCUT2D eigenvalue weighted by Crippen LogP contribution is -2.21. The van der Waals surface area contributed by atoms with Gasteiger partial charge in [0.1, 0.15) is 12.4 Å². The molecule has 0 saturated heterocycles. The van der Waals surface area contributed by atoms with Crippen molar-refractivity contribution in [1.82, 2.24) is 9.64 Å². The molecule has 0 aliphatic heterocycles. The zero-order valence-corrected chi connectivity index (χ0v) is 27.6. The van der Waals surface area contributed by atoms with Crippen LogP contribution in [0.15, 0.2) is 70.0 Å². The fourth-order valence-electron chi connectivity index (χ4n) is 4.79.